The molecule has 1 aromatic rings. The van der Waals surface area contributed by atoms with Crippen molar-refractivity contribution in [2.45, 2.75) is 30.2 Å². The minimum absolute atomic E-state index is 0.00223. The van der Waals surface area contributed by atoms with Crippen LogP contribution in [0.5, 0.6) is 0 Å². The second-order valence-electron chi connectivity index (χ2n) is 5.43. The molecule has 4 heteroatoms. The molecule has 19 heavy (non-hydrogen) atoms. The van der Waals surface area contributed by atoms with Gasteiger partial charge in [0.05, 0.1) is 11.7 Å². The maximum atomic E-state index is 12.4. The Morgan fingerprint density at radius 2 is 2.21 bits per heavy atom. The highest BCUT2D eigenvalue weighted by atomic mass is 32.2. The van der Waals surface area contributed by atoms with Crippen molar-refractivity contribution in [1.29, 1.82) is 0 Å². The standard InChI is InChI=1S/C15H20N2OS/c1-19-13-8-3-2-7-12(13)17-15(18)14-11-6-4-5-10(11)9-16-14/h2-3,7-8,10-11,14,16H,4-6,9H2,1H3,(H,17,18). The molecule has 1 amide bonds. The fraction of sp³-hybridized carbons (Fsp3) is 0.533. The molecule has 3 unspecified atom stereocenters. The van der Waals surface area contributed by atoms with Gasteiger partial charge < -0.3 is 10.6 Å². The van der Waals surface area contributed by atoms with Gasteiger partial charge >= 0.3 is 0 Å². The third-order valence-corrected chi connectivity index (χ3v) is 5.19. The average molecular weight is 276 g/mol. The maximum absolute atomic E-state index is 12.4. The lowest BCUT2D eigenvalue weighted by molar-refractivity contribution is -0.118. The van der Waals surface area contributed by atoms with Gasteiger partial charge in [0.25, 0.3) is 0 Å². The van der Waals surface area contributed by atoms with Crippen molar-refractivity contribution in [1.82, 2.24) is 5.32 Å². The van der Waals surface area contributed by atoms with Crippen molar-refractivity contribution in [3.8, 4) is 0 Å². The Morgan fingerprint density at radius 1 is 1.37 bits per heavy atom. The first-order valence-corrected chi connectivity index (χ1v) is 8.19. The van der Waals surface area contributed by atoms with Crippen molar-refractivity contribution >= 4 is 23.4 Å². The molecule has 1 saturated carbocycles. The number of benzene rings is 1. The van der Waals surface area contributed by atoms with Gasteiger partial charge in [-0.05, 0) is 49.6 Å². The van der Waals surface area contributed by atoms with Crippen LogP contribution in [0.1, 0.15) is 19.3 Å². The Hall–Kier alpha value is -1.00. The number of hydrogen-bond acceptors (Lipinski definition) is 3. The van der Waals surface area contributed by atoms with Gasteiger partial charge in [0.2, 0.25) is 5.91 Å². The predicted molar refractivity (Wildman–Crippen MR) is 79.5 cm³/mol. The number of thioether (sulfide) groups is 1. The fourth-order valence-corrected chi connectivity index (χ4v) is 3.99. The van der Waals surface area contributed by atoms with Gasteiger partial charge in [0.15, 0.2) is 0 Å². The molecule has 1 aromatic carbocycles. The van der Waals surface area contributed by atoms with Crippen LogP contribution in [0, 0.1) is 11.8 Å². The number of carbonyl (C=O) groups excluding carboxylic acids is 1. The van der Waals surface area contributed by atoms with E-state index >= 15 is 0 Å². The Kier molecular flexibility index (Phi) is 3.80. The summed E-state index contributed by atoms with van der Waals surface area (Å²) in [6.07, 6.45) is 5.79. The number of fused-ring (bicyclic) bond motifs is 1. The lowest BCUT2D eigenvalue weighted by atomic mass is 9.93. The van der Waals surface area contributed by atoms with Gasteiger partial charge in [-0.3, -0.25) is 4.79 Å². The lowest BCUT2D eigenvalue weighted by Gasteiger charge is -2.18. The highest BCUT2D eigenvalue weighted by Crippen LogP contribution is 2.38. The molecule has 0 spiro atoms. The van der Waals surface area contributed by atoms with Gasteiger partial charge in [-0.1, -0.05) is 18.6 Å². The van der Waals surface area contributed by atoms with Crippen LogP contribution in [0.4, 0.5) is 5.69 Å². The highest BCUT2D eigenvalue weighted by molar-refractivity contribution is 7.98. The summed E-state index contributed by atoms with van der Waals surface area (Å²) < 4.78 is 0. The molecule has 3 rings (SSSR count). The SMILES string of the molecule is CSc1ccccc1NC(=O)C1NCC2CCCC21. The van der Waals surface area contributed by atoms with Crippen LogP contribution >= 0.6 is 11.8 Å². The van der Waals surface area contributed by atoms with Crippen LogP contribution in [0.25, 0.3) is 0 Å². The maximum Gasteiger partial charge on any atom is 0.241 e. The van der Waals surface area contributed by atoms with Crippen LogP contribution in [-0.2, 0) is 4.79 Å². The summed E-state index contributed by atoms with van der Waals surface area (Å²) in [6.45, 7) is 1.01. The number of hydrogen-bond donors (Lipinski definition) is 2. The first kappa shape index (κ1) is 13.0. The summed E-state index contributed by atoms with van der Waals surface area (Å²) in [5.41, 5.74) is 0.934. The Bertz CT molecular complexity index is 477. The van der Waals surface area contributed by atoms with Crippen molar-refractivity contribution < 1.29 is 4.79 Å². The third kappa shape index (κ3) is 2.51. The van der Waals surface area contributed by atoms with E-state index in [1.54, 1.807) is 11.8 Å². The molecule has 2 fully saturated rings. The molecule has 3 nitrogen and oxygen atoms in total. The van der Waals surface area contributed by atoms with E-state index in [0.717, 1.165) is 17.1 Å². The van der Waals surface area contributed by atoms with Gasteiger partial charge in [0.1, 0.15) is 0 Å². The van der Waals surface area contributed by atoms with E-state index in [1.165, 1.54) is 19.3 Å². The summed E-state index contributed by atoms with van der Waals surface area (Å²) in [7, 11) is 0. The fourth-order valence-electron chi connectivity index (χ4n) is 3.43. The summed E-state index contributed by atoms with van der Waals surface area (Å²) in [6, 6.07) is 7.99. The van der Waals surface area contributed by atoms with Crippen molar-refractivity contribution in [3.63, 3.8) is 0 Å². The first-order chi connectivity index (χ1) is 9.29. The minimum Gasteiger partial charge on any atom is -0.324 e. The molecule has 0 bridgehead atoms. The smallest absolute Gasteiger partial charge is 0.241 e. The molecule has 1 heterocycles. The normalized spacial score (nSPS) is 29.2. The summed E-state index contributed by atoms with van der Waals surface area (Å²) >= 11 is 1.66. The Morgan fingerprint density at radius 3 is 3.05 bits per heavy atom. The molecule has 1 saturated heterocycles. The van der Waals surface area contributed by atoms with Crippen molar-refractivity contribution in [2.75, 3.05) is 18.1 Å². The second kappa shape index (κ2) is 5.55. The number of rotatable bonds is 3. The van der Waals surface area contributed by atoms with E-state index in [-0.39, 0.29) is 11.9 Å². The zero-order valence-corrected chi connectivity index (χ0v) is 12.0. The third-order valence-electron chi connectivity index (χ3n) is 4.39. The number of carbonyl (C=O) groups is 1. The van der Waals surface area contributed by atoms with Crippen LogP contribution in [-0.4, -0.2) is 24.7 Å². The summed E-state index contributed by atoms with van der Waals surface area (Å²) in [5, 5.41) is 6.49. The second-order valence-corrected chi connectivity index (χ2v) is 6.28. The van der Waals surface area contributed by atoms with E-state index in [2.05, 4.69) is 10.6 Å². The summed E-state index contributed by atoms with van der Waals surface area (Å²) in [4.78, 5) is 13.6. The molecule has 1 aliphatic heterocycles. The quantitative estimate of drug-likeness (QED) is 0.834. The van der Waals surface area contributed by atoms with E-state index in [1.807, 2.05) is 30.5 Å². The zero-order valence-electron chi connectivity index (χ0n) is 11.2. The molecular weight excluding hydrogens is 256 g/mol. The van der Waals surface area contributed by atoms with Gasteiger partial charge in [-0.15, -0.1) is 11.8 Å². The zero-order chi connectivity index (χ0) is 13.2. The van der Waals surface area contributed by atoms with Gasteiger partial charge in [-0.25, -0.2) is 0 Å². The monoisotopic (exact) mass is 276 g/mol. The van der Waals surface area contributed by atoms with Crippen LogP contribution < -0.4 is 10.6 Å². The van der Waals surface area contributed by atoms with E-state index in [4.69, 9.17) is 0 Å². The van der Waals surface area contributed by atoms with Crippen LogP contribution in [0.15, 0.2) is 29.2 Å². The van der Waals surface area contributed by atoms with Crippen LogP contribution in [0.3, 0.4) is 0 Å². The van der Waals surface area contributed by atoms with Crippen molar-refractivity contribution in [2.24, 2.45) is 11.8 Å². The number of nitrogens with one attached hydrogen (secondary N) is 2. The molecule has 2 aliphatic rings. The Labute approximate surface area is 118 Å². The predicted octanol–water partition coefficient (Wildman–Crippen LogP) is 2.74. The topological polar surface area (TPSA) is 41.1 Å². The first-order valence-electron chi connectivity index (χ1n) is 6.97. The summed E-state index contributed by atoms with van der Waals surface area (Å²) in [5.74, 6) is 1.39. The van der Waals surface area contributed by atoms with Crippen LogP contribution in [0.2, 0.25) is 0 Å². The van der Waals surface area contributed by atoms with E-state index in [0.29, 0.717) is 11.8 Å². The molecule has 0 aromatic heterocycles. The van der Waals surface area contributed by atoms with E-state index in [9.17, 15) is 4.79 Å². The molecule has 102 valence electrons. The number of para-hydroxylation sites is 1. The highest BCUT2D eigenvalue weighted by Gasteiger charge is 2.42. The lowest BCUT2D eigenvalue weighted by Crippen LogP contribution is -2.39. The molecule has 3 atom stereocenters. The molecule has 1 aliphatic carbocycles. The van der Waals surface area contributed by atoms with Gasteiger partial charge in [-0.2, -0.15) is 0 Å². The van der Waals surface area contributed by atoms with E-state index < -0.39 is 0 Å². The molecular formula is C15H20N2OS. The minimum atomic E-state index is 0.00223. The number of amides is 1. The largest absolute Gasteiger partial charge is 0.324 e. The average Bonchev–Trinajstić information content (AvgIpc) is 3.01. The molecule has 0 radical (unpaired) electrons. The Balaban J connectivity index is 1.71. The molecule has 2 N–H and O–H groups in total. The number of anilines is 1. The van der Waals surface area contributed by atoms with Gasteiger partial charge in [0, 0.05) is 4.90 Å². The van der Waals surface area contributed by atoms with Crippen molar-refractivity contribution in [3.05, 3.63) is 24.3 Å².